The highest BCUT2D eigenvalue weighted by Crippen LogP contribution is 2.33. The molecule has 4 heteroatoms. The summed E-state index contributed by atoms with van der Waals surface area (Å²) in [5, 5.41) is 6.00. The minimum Gasteiger partial charge on any atom is -0.344 e. The van der Waals surface area contributed by atoms with Crippen LogP contribution in [-0.2, 0) is 9.59 Å². The second kappa shape index (κ2) is 10.1. The van der Waals surface area contributed by atoms with E-state index >= 15 is 0 Å². The maximum atomic E-state index is 12.8. The summed E-state index contributed by atoms with van der Waals surface area (Å²) in [6.45, 7) is 12.8. The first-order valence-electron chi connectivity index (χ1n) is 10.9. The lowest BCUT2D eigenvalue weighted by Gasteiger charge is -2.31. The van der Waals surface area contributed by atoms with Crippen molar-refractivity contribution in [2.45, 2.75) is 79.2 Å². The summed E-state index contributed by atoms with van der Waals surface area (Å²) in [6.07, 6.45) is 4.07. The molecule has 28 heavy (non-hydrogen) atoms. The van der Waals surface area contributed by atoms with Crippen molar-refractivity contribution in [3.63, 3.8) is 0 Å². The molecule has 1 aliphatic rings. The van der Waals surface area contributed by atoms with Crippen molar-refractivity contribution < 1.29 is 9.59 Å². The second-order valence-electron chi connectivity index (χ2n) is 9.35. The number of nitrogens with one attached hydrogen (secondary N) is 2. The average molecular weight is 387 g/mol. The molecule has 1 atom stereocenters. The molecular formula is C24H38N2O2. The van der Waals surface area contributed by atoms with Crippen molar-refractivity contribution in [2.24, 2.45) is 23.7 Å². The Bertz CT molecular complexity index is 641. The maximum Gasteiger partial charge on any atom is 0.247 e. The van der Waals surface area contributed by atoms with Gasteiger partial charge in [0.15, 0.2) is 0 Å². The van der Waals surface area contributed by atoms with E-state index in [2.05, 4.69) is 38.3 Å². The highest BCUT2D eigenvalue weighted by Gasteiger charge is 2.31. The van der Waals surface area contributed by atoms with Gasteiger partial charge in [0.2, 0.25) is 11.8 Å². The van der Waals surface area contributed by atoms with E-state index in [1.165, 1.54) is 5.56 Å². The van der Waals surface area contributed by atoms with E-state index in [4.69, 9.17) is 0 Å². The summed E-state index contributed by atoms with van der Waals surface area (Å²) in [5.41, 5.74) is 2.01. The number of hydrogen-bond acceptors (Lipinski definition) is 2. The third-order valence-corrected chi connectivity index (χ3v) is 6.18. The van der Waals surface area contributed by atoms with Crippen molar-refractivity contribution in [3.05, 3.63) is 29.8 Å². The van der Waals surface area contributed by atoms with Crippen molar-refractivity contribution in [3.8, 4) is 0 Å². The number of carbonyl (C=O) groups is 2. The lowest BCUT2D eigenvalue weighted by Crippen LogP contribution is -2.49. The largest absolute Gasteiger partial charge is 0.344 e. The van der Waals surface area contributed by atoms with Crippen LogP contribution in [0.5, 0.6) is 0 Å². The van der Waals surface area contributed by atoms with Gasteiger partial charge in [-0.15, -0.1) is 0 Å². The lowest BCUT2D eigenvalue weighted by atomic mass is 9.76. The zero-order valence-corrected chi connectivity index (χ0v) is 18.4. The molecule has 1 aromatic carbocycles. The first-order valence-corrected chi connectivity index (χ1v) is 10.9. The molecule has 0 radical (unpaired) electrons. The molecular weight excluding hydrogens is 348 g/mol. The predicted molar refractivity (Wildman–Crippen MR) is 116 cm³/mol. The van der Waals surface area contributed by atoms with E-state index in [9.17, 15) is 9.59 Å². The van der Waals surface area contributed by atoms with E-state index < -0.39 is 6.04 Å². The topological polar surface area (TPSA) is 58.2 Å². The maximum absolute atomic E-state index is 12.8. The molecule has 0 aromatic heterocycles. The Morgan fingerprint density at radius 3 is 1.93 bits per heavy atom. The molecule has 2 N–H and O–H groups in total. The van der Waals surface area contributed by atoms with Crippen molar-refractivity contribution in [1.82, 2.24) is 5.32 Å². The van der Waals surface area contributed by atoms with Crippen molar-refractivity contribution >= 4 is 17.5 Å². The van der Waals surface area contributed by atoms with Gasteiger partial charge in [0.25, 0.3) is 0 Å². The fraction of sp³-hybridized carbons (Fsp3) is 0.667. The molecule has 4 nitrogen and oxygen atoms in total. The van der Waals surface area contributed by atoms with Crippen molar-refractivity contribution in [2.75, 3.05) is 5.32 Å². The number of rotatable bonds is 7. The summed E-state index contributed by atoms with van der Waals surface area (Å²) < 4.78 is 0. The van der Waals surface area contributed by atoms with Crippen LogP contribution in [0.25, 0.3) is 0 Å². The zero-order chi connectivity index (χ0) is 20.8. The number of amides is 2. The van der Waals surface area contributed by atoms with Gasteiger partial charge in [-0.25, -0.2) is 0 Å². The van der Waals surface area contributed by atoms with Crippen LogP contribution in [0.3, 0.4) is 0 Å². The Kier molecular flexibility index (Phi) is 8.09. The van der Waals surface area contributed by atoms with Crippen molar-refractivity contribution in [1.29, 1.82) is 0 Å². The Morgan fingerprint density at radius 1 is 0.893 bits per heavy atom. The minimum atomic E-state index is -0.514. The van der Waals surface area contributed by atoms with Gasteiger partial charge in [-0.3, -0.25) is 9.59 Å². The normalized spacial score (nSPS) is 21.0. The zero-order valence-electron chi connectivity index (χ0n) is 18.4. The summed E-state index contributed by atoms with van der Waals surface area (Å²) in [7, 11) is 0. The summed E-state index contributed by atoms with van der Waals surface area (Å²) in [5.74, 6) is 1.82. The van der Waals surface area contributed by atoms with E-state index in [1.54, 1.807) is 0 Å². The fourth-order valence-corrected chi connectivity index (χ4v) is 4.03. The summed E-state index contributed by atoms with van der Waals surface area (Å²) in [4.78, 5) is 25.6. The first-order chi connectivity index (χ1) is 13.2. The van der Waals surface area contributed by atoms with Gasteiger partial charge >= 0.3 is 0 Å². The lowest BCUT2D eigenvalue weighted by molar-refractivity contribution is -0.131. The Balaban J connectivity index is 1.94. The van der Waals surface area contributed by atoms with Crippen LogP contribution < -0.4 is 10.6 Å². The summed E-state index contributed by atoms with van der Waals surface area (Å²) >= 11 is 0. The predicted octanol–water partition coefficient (Wildman–Crippen LogP) is 5.35. The standard InChI is InChI=1S/C24H38N2O2/c1-15(2)18-7-9-20(10-8-18)23(27)26-22(17(5)6)24(28)25-21-13-11-19(12-14-21)16(3)4/h11-18,20,22H,7-10H2,1-6H3,(H,25,28)(H,26,27)/t18?,20?,22-/m0/s1. The molecule has 1 fully saturated rings. The molecule has 1 aromatic rings. The highest BCUT2D eigenvalue weighted by molar-refractivity contribution is 5.97. The molecule has 2 amide bonds. The first kappa shape index (κ1) is 22.4. The Morgan fingerprint density at radius 2 is 1.46 bits per heavy atom. The number of benzene rings is 1. The minimum absolute atomic E-state index is 0.0332. The van der Waals surface area contributed by atoms with Crippen LogP contribution >= 0.6 is 0 Å². The van der Waals surface area contributed by atoms with Crippen LogP contribution in [0.2, 0.25) is 0 Å². The van der Waals surface area contributed by atoms with Gasteiger partial charge in [-0.2, -0.15) is 0 Å². The van der Waals surface area contributed by atoms with Gasteiger partial charge in [0.05, 0.1) is 0 Å². The third-order valence-electron chi connectivity index (χ3n) is 6.18. The molecule has 1 saturated carbocycles. The fourth-order valence-electron chi connectivity index (χ4n) is 4.03. The van der Waals surface area contributed by atoms with E-state index in [0.29, 0.717) is 11.8 Å². The SMILES string of the molecule is CC(C)c1ccc(NC(=O)[C@@H](NC(=O)C2CCC(C(C)C)CC2)C(C)C)cc1. The molecule has 1 aliphatic carbocycles. The molecule has 156 valence electrons. The van der Waals surface area contributed by atoms with E-state index in [1.807, 2.05) is 38.1 Å². The molecule has 0 heterocycles. The number of carbonyl (C=O) groups excluding carboxylic acids is 2. The van der Waals surface area contributed by atoms with E-state index in [0.717, 1.165) is 37.3 Å². The molecule has 0 bridgehead atoms. The third kappa shape index (κ3) is 6.08. The van der Waals surface area contributed by atoms with Crippen LogP contribution in [0, 0.1) is 23.7 Å². The Hall–Kier alpha value is -1.84. The molecule has 0 spiro atoms. The van der Waals surface area contributed by atoms with Crippen LogP contribution in [-0.4, -0.2) is 17.9 Å². The highest BCUT2D eigenvalue weighted by atomic mass is 16.2. The Labute approximate surface area is 170 Å². The van der Waals surface area contributed by atoms with Crippen LogP contribution in [0.1, 0.15) is 78.7 Å². The quantitative estimate of drug-likeness (QED) is 0.663. The monoisotopic (exact) mass is 386 g/mol. The van der Waals surface area contributed by atoms with Gasteiger partial charge < -0.3 is 10.6 Å². The van der Waals surface area contributed by atoms with Crippen LogP contribution in [0.15, 0.2) is 24.3 Å². The van der Waals surface area contributed by atoms with Gasteiger partial charge in [-0.1, -0.05) is 53.7 Å². The van der Waals surface area contributed by atoms with Crippen LogP contribution in [0.4, 0.5) is 5.69 Å². The molecule has 2 rings (SSSR count). The average Bonchev–Trinajstić information content (AvgIpc) is 2.66. The second-order valence-corrected chi connectivity index (χ2v) is 9.35. The molecule has 0 unspecified atom stereocenters. The van der Waals surface area contributed by atoms with Gasteiger partial charge in [0.1, 0.15) is 6.04 Å². The number of anilines is 1. The van der Waals surface area contributed by atoms with E-state index in [-0.39, 0.29) is 23.7 Å². The number of hydrogen-bond donors (Lipinski definition) is 2. The van der Waals surface area contributed by atoms with Gasteiger partial charge in [0, 0.05) is 11.6 Å². The smallest absolute Gasteiger partial charge is 0.247 e. The molecule has 0 saturated heterocycles. The summed E-state index contributed by atoms with van der Waals surface area (Å²) in [6, 6.07) is 7.42. The van der Waals surface area contributed by atoms with Gasteiger partial charge in [-0.05, 0) is 67.1 Å². The molecule has 0 aliphatic heterocycles.